The summed E-state index contributed by atoms with van der Waals surface area (Å²) in [5.74, 6) is 0. The molecule has 0 amide bonds. The lowest BCUT2D eigenvalue weighted by Crippen LogP contribution is -2.24. The second-order valence-electron chi connectivity index (χ2n) is 4.48. The molecular formula is C14H15Cl3N2S. The fourth-order valence-corrected chi connectivity index (χ4v) is 3.53. The molecule has 0 aliphatic rings. The van der Waals surface area contributed by atoms with E-state index in [0.717, 1.165) is 17.0 Å². The Bertz CT molecular complexity index is 572. The van der Waals surface area contributed by atoms with Crippen LogP contribution in [-0.2, 0) is 0 Å². The highest BCUT2D eigenvalue weighted by atomic mass is 35.5. The maximum atomic E-state index is 6.28. The van der Waals surface area contributed by atoms with Crippen molar-refractivity contribution in [3.8, 4) is 0 Å². The van der Waals surface area contributed by atoms with Crippen LogP contribution in [0.2, 0.25) is 15.1 Å². The van der Waals surface area contributed by atoms with Gasteiger partial charge < -0.3 is 5.32 Å². The molecule has 1 aromatic carbocycles. The van der Waals surface area contributed by atoms with Crippen LogP contribution >= 0.6 is 46.1 Å². The van der Waals surface area contributed by atoms with E-state index >= 15 is 0 Å². The summed E-state index contributed by atoms with van der Waals surface area (Å²) in [5, 5.41) is 7.98. The number of aromatic nitrogens is 1. The lowest BCUT2D eigenvalue weighted by atomic mass is 10.1. The van der Waals surface area contributed by atoms with Crippen LogP contribution < -0.4 is 5.32 Å². The molecule has 6 heteroatoms. The molecule has 20 heavy (non-hydrogen) atoms. The largest absolute Gasteiger partial charge is 0.301 e. The van der Waals surface area contributed by atoms with Crippen molar-refractivity contribution in [1.82, 2.24) is 10.3 Å². The fourth-order valence-electron chi connectivity index (χ4n) is 2.04. The van der Waals surface area contributed by atoms with Gasteiger partial charge in [-0.15, -0.1) is 11.3 Å². The van der Waals surface area contributed by atoms with Crippen molar-refractivity contribution in [2.45, 2.75) is 32.4 Å². The van der Waals surface area contributed by atoms with E-state index in [2.05, 4.69) is 24.1 Å². The maximum Gasteiger partial charge on any atom is 0.109 e. The molecule has 1 aromatic heterocycles. The van der Waals surface area contributed by atoms with E-state index in [1.807, 2.05) is 17.6 Å². The monoisotopic (exact) mass is 348 g/mol. The molecule has 0 spiro atoms. The first-order chi connectivity index (χ1) is 9.54. The number of hydrogen-bond donors (Lipinski definition) is 1. The van der Waals surface area contributed by atoms with E-state index in [9.17, 15) is 0 Å². The van der Waals surface area contributed by atoms with Crippen molar-refractivity contribution < 1.29 is 0 Å². The first kappa shape index (κ1) is 16.1. The van der Waals surface area contributed by atoms with Gasteiger partial charge in [-0.05, 0) is 25.0 Å². The molecule has 0 fully saturated rings. The van der Waals surface area contributed by atoms with Crippen molar-refractivity contribution in [2.75, 3.05) is 0 Å². The number of thiazole rings is 1. The molecule has 2 nitrogen and oxygen atoms in total. The van der Waals surface area contributed by atoms with Gasteiger partial charge in [0, 0.05) is 17.6 Å². The van der Waals surface area contributed by atoms with Gasteiger partial charge in [0.1, 0.15) is 5.01 Å². The fraction of sp³-hybridized carbons (Fsp3) is 0.357. The van der Waals surface area contributed by atoms with Gasteiger partial charge in [-0.1, -0.05) is 47.8 Å². The van der Waals surface area contributed by atoms with E-state index in [-0.39, 0.29) is 12.1 Å². The van der Waals surface area contributed by atoms with E-state index in [1.165, 1.54) is 0 Å². The van der Waals surface area contributed by atoms with Gasteiger partial charge in [-0.25, -0.2) is 4.98 Å². The highest BCUT2D eigenvalue weighted by molar-refractivity contribution is 7.09. The molecule has 2 unspecified atom stereocenters. The third kappa shape index (κ3) is 3.46. The summed E-state index contributed by atoms with van der Waals surface area (Å²) in [6.07, 6.45) is 2.78. The maximum absolute atomic E-state index is 6.28. The molecule has 1 N–H and O–H groups in total. The Morgan fingerprint density at radius 2 is 2.00 bits per heavy atom. The van der Waals surface area contributed by atoms with Gasteiger partial charge in [-0.2, -0.15) is 0 Å². The minimum absolute atomic E-state index is 0.0612. The third-order valence-electron chi connectivity index (χ3n) is 3.14. The molecule has 108 valence electrons. The minimum Gasteiger partial charge on any atom is -0.301 e. The third-order valence-corrected chi connectivity index (χ3v) is 5.34. The second-order valence-corrected chi connectivity index (χ2v) is 6.57. The van der Waals surface area contributed by atoms with Crippen LogP contribution in [0.1, 0.15) is 42.9 Å². The molecule has 0 radical (unpaired) electrons. The van der Waals surface area contributed by atoms with Gasteiger partial charge in [-0.3, -0.25) is 0 Å². The van der Waals surface area contributed by atoms with Crippen molar-refractivity contribution >= 4 is 46.1 Å². The smallest absolute Gasteiger partial charge is 0.109 e. The standard InChI is InChI=1S/C14H15Cl3N2S/c1-3-11(14-18-6-7-20-14)19-8(2)9-4-5-10(15)13(17)12(9)16/h4-8,11,19H,3H2,1-2H3. The molecule has 1 heterocycles. The van der Waals surface area contributed by atoms with Crippen molar-refractivity contribution in [1.29, 1.82) is 0 Å². The average Bonchev–Trinajstić information content (AvgIpc) is 2.96. The summed E-state index contributed by atoms with van der Waals surface area (Å²) >= 11 is 20.0. The summed E-state index contributed by atoms with van der Waals surface area (Å²) < 4.78 is 0. The Morgan fingerprint density at radius 1 is 1.25 bits per heavy atom. The molecule has 0 saturated carbocycles. The van der Waals surface area contributed by atoms with E-state index in [0.29, 0.717) is 15.1 Å². The second kappa shape index (κ2) is 7.10. The first-order valence-electron chi connectivity index (χ1n) is 6.33. The average molecular weight is 350 g/mol. The zero-order valence-corrected chi connectivity index (χ0v) is 14.2. The minimum atomic E-state index is 0.0612. The summed E-state index contributed by atoms with van der Waals surface area (Å²) in [5.41, 5.74) is 0.941. The van der Waals surface area contributed by atoms with Crippen LogP contribution in [0.4, 0.5) is 0 Å². The van der Waals surface area contributed by atoms with Gasteiger partial charge in [0.15, 0.2) is 0 Å². The van der Waals surface area contributed by atoms with Crippen LogP contribution in [0.15, 0.2) is 23.7 Å². The van der Waals surface area contributed by atoms with Crippen molar-refractivity contribution in [3.05, 3.63) is 49.3 Å². The number of rotatable bonds is 5. The highest BCUT2D eigenvalue weighted by Crippen LogP contribution is 2.36. The Balaban J connectivity index is 2.19. The Hall–Kier alpha value is -0.320. The Labute approximate surface area is 138 Å². The molecular weight excluding hydrogens is 335 g/mol. The molecule has 0 aliphatic heterocycles. The molecule has 0 saturated heterocycles. The topological polar surface area (TPSA) is 24.9 Å². The number of hydrogen-bond acceptors (Lipinski definition) is 3. The van der Waals surface area contributed by atoms with E-state index in [1.54, 1.807) is 17.4 Å². The van der Waals surface area contributed by atoms with Gasteiger partial charge in [0.2, 0.25) is 0 Å². The first-order valence-corrected chi connectivity index (χ1v) is 8.34. The molecule has 2 atom stereocenters. The van der Waals surface area contributed by atoms with Crippen molar-refractivity contribution in [3.63, 3.8) is 0 Å². The predicted molar refractivity (Wildman–Crippen MR) is 88.2 cm³/mol. The summed E-state index contributed by atoms with van der Waals surface area (Å²) in [4.78, 5) is 4.36. The van der Waals surface area contributed by atoms with Crippen LogP contribution in [0.5, 0.6) is 0 Å². The van der Waals surface area contributed by atoms with Crippen LogP contribution in [0.3, 0.4) is 0 Å². The molecule has 2 aromatic rings. The van der Waals surface area contributed by atoms with Crippen LogP contribution in [0, 0.1) is 0 Å². The van der Waals surface area contributed by atoms with E-state index < -0.39 is 0 Å². The predicted octanol–water partition coefficient (Wildman–Crippen LogP) is 5.91. The highest BCUT2D eigenvalue weighted by Gasteiger charge is 2.19. The summed E-state index contributed by atoms with van der Waals surface area (Å²) in [6.45, 7) is 4.18. The lowest BCUT2D eigenvalue weighted by Gasteiger charge is -2.22. The van der Waals surface area contributed by atoms with Crippen LogP contribution in [0.25, 0.3) is 0 Å². The molecule has 0 aliphatic carbocycles. The molecule has 2 rings (SSSR count). The van der Waals surface area contributed by atoms with Crippen LogP contribution in [-0.4, -0.2) is 4.98 Å². The van der Waals surface area contributed by atoms with Gasteiger partial charge >= 0.3 is 0 Å². The quantitative estimate of drug-likeness (QED) is 0.679. The number of halogens is 3. The Kier molecular flexibility index (Phi) is 5.70. The van der Waals surface area contributed by atoms with Gasteiger partial charge in [0.05, 0.1) is 21.1 Å². The van der Waals surface area contributed by atoms with Gasteiger partial charge in [0.25, 0.3) is 0 Å². The van der Waals surface area contributed by atoms with E-state index in [4.69, 9.17) is 34.8 Å². The summed E-state index contributed by atoms with van der Waals surface area (Å²) in [7, 11) is 0. The lowest BCUT2D eigenvalue weighted by molar-refractivity contribution is 0.455. The molecule has 0 bridgehead atoms. The normalized spacial score (nSPS) is 14.2. The number of nitrogens with one attached hydrogen (secondary N) is 1. The SMILES string of the molecule is CCC(NC(C)c1ccc(Cl)c(Cl)c1Cl)c1nccs1. The summed E-state index contributed by atoms with van der Waals surface area (Å²) in [6, 6.07) is 3.94. The number of nitrogens with zero attached hydrogens (tertiary/aromatic N) is 1. The zero-order chi connectivity index (χ0) is 14.7. The Morgan fingerprint density at radius 3 is 2.60 bits per heavy atom. The zero-order valence-electron chi connectivity index (χ0n) is 11.2. The number of benzene rings is 1. The van der Waals surface area contributed by atoms with Crippen molar-refractivity contribution in [2.24, 2.45) is 0 Å².